The number of carbonyl (C=O) groups is 1. The van der Waals surface area contributed by atoms with Crippen molar-refractivity contribution < 1.29 is 4.79 Å². The van der Waals surface area contributed by atoms with Gasteiger partial charge in [0.05, 0.1) is 17.4 Å². The van der Waals surface area contributed by atoms with Crippen LogP contribution in [0.15, 0.2) is 35.1 Å². The molecule has 132 valence electrons. The maximum Gasteiger partial charge on any atom is 0.258 e. The molecule has 1 atom stereocenters. The van der Waals surface area contributed by atoms with Crippen LogP contribution >= 0.6 is 11.6 Å². The first kappa shape index (κ1) is 17.7. The number of hydrogen-bond acceptors (Lipinski definition) is 3. The van der Waals surface area contributed by atoms with Crippen LogP contribution in [0.25, 0.3) is 10.9 Å². The molecule has 1 aliphatic carbocycles. The van der Waals surface area contributed by atoms with Gasteiger partial charge >= 0.3 is 0 Å². The lowest BCUT2D eigenvalue weighted by Gasteiger charge is -2.23. The Morgan fingerprint density at radius 2 is 2.28 bits per heavy atom. The molecule has 1 N–H and O–H groups in total. The van der Waals surface area contributed by atoms with Crippen LogP contribution < -0.4 is 5.56 Å². The van der Waals surface area contributed by atoms with E-state index in [4.69, 9.17) is 11.6 Å². The molecule has 1 aromatic carbocycles. The van der Waals surface area contributed by atoms with Gasteiger partial charge in [0.1, 0.15) is 5.82 Å². The molecule has 0 radical (unpaired) electrons. The number of nitrogens with one attached hydrogen (secondary N) is 1. The Bertz CT molecular complexity index is 859. The Morgan fingerprint density at radius 1 is 1.44 bits per heavy atom. The fourth-order valence-corrected chi connectivity index (χ4v) is 3.36. The summed E-state index contributed by atoms with van der Waals surface area (Å²) in [6, 6.07) is 5.00. The minimum absolute atomic E-state index is 0.104. The third-order valence-corrected chi connectivity index (χ3v) is 4.69. The largest absolute Gasteiger partial charge is 0.335 e. The molecule has 0 saturated heterocycles. The van der Waals surface area contributed by atoms with Crippen LogP contribution in [0.1, 0.15) is 38.4 Å². The Hall–Kier alpha value is -2.14. The summed E-state index contributed by atoms with van der Waals surface area (Å²) in [7, 11) is 0. The van der Waals surface area contributed by atoms with E-state index in [1.165, 1.54) is 0 Å². The van der Waals surface area contributed by atoms with E-state index in [1.807, 2.05) is 6.92 Å². The van der Waals surface area contributed by atoms with Crippen molar-refractivity contribution in [3.63, 3.8) is 0 Å². The second-order valence-electron chi connectivity index (χ2n) is 6.46. The first-order valence-corrected chi connectivity index (χ1v) is 9.07. The summed E-state index contributed by atoms with van der Waals surface area (Å²) in [5.74, 6) is 0.921. The summed E-state index contributed by atoms with van der Waals surface area (Å²) >= 11 is 6.00. The van der Waals surface area contributed by atoms with Crippen molar-refractivity contribution in [3.05, 3.63) is 51.6 Å². The van der Waals surface area contributed by atoms with Crippen LogP contribution in [0.4, 0.5) is 0 Å². The highest BCUT2D eigenvalue weighted by atomic mass is 35.5. The number of halogens is 1. The number of benzene rings is 1. The minimum Gasteiger partial charge on any atom is -0.335 e. The number of aromatic amines is 1. The predicted octanol–water partition coefficient (Wildman–Crippen LogP) is 3.67. The van der Waals surface area contributed by atoms with E-state index in [9.17, 15) is 9.59 Å². The van der Waals surface area contributed by atoms with Gasteiger partial charge in [-0.3, -0.25) is 9.59 Å². The smallest absolute Gasteiger partial charge is 0.258 e. The first-order chi connectivity index (χ1) is 12.1. The fraction of sp³-hybridized carbons (Fsp3) is 0.421. The first-order valence-electron chi connectivity index (χ1n) is 8.69. The van der Waals surface area contributed by atoms with E-state index in [1.54, 1.807) is 23.1 Å². The Morgan fingerprint density at radius 3 is 3.00 bits per heavy atom. The zero-order valence-corrected chi connectivity index (χ0v) is 15.1. The van der Waals surface area contributed by atoms with Crippen molar-refractivity contribution in [1.82, 2.24) is 14.9 Å². The van der Waals surface area contributed by atoms with E-state index >= 15 is 0 Å². The van der Waals surface area contributed by atoms with Crippen molar-refractivity contribution >= 4 is 28.4 Å². The number of nitrogens with zero attached hydrogens (tertiary/aromatic N) is 2. The normalized spacial score (nSPS) is 16.5. The lowest BCUT2D eigenvalue weighted by atomic mass is 10.0. The summed E-state index contributed by atoms with van der Waals surface area (Å²) in [6.45, 7) is 2.99. The van der Waals surface area contributed by atoms with E-state index in [2.05, 4.69) is 22.1 Å². The Balaban J connectivity index is 1.81. The van der Waals surface area contributed by atoms with Gasteiger partial charge in [-0.1, -0.05) is 30.7 Å². The minimum atomic E-state index is -0.209. The number of aromatic nitrogens is 2. The zero-order valence-electron chi connectivity index (χ0n) is 14.3. The number of fused-ring (bicyclic) bond motifs is 1. The van der Waals surface area contributed by atoms with Gasteiger partial charge in [0, 0.05) is 18.0 Å². The molecule has 1 amide bonds. The summed E-state index contributed by atoms with van der Waals surface area (Å²) in [5, 5.41) is 1.03. The van der Waals surface area contributed by atoms with Gasteiger partial charge in [-0.15, -0.1) is 0 Å². The highest BCUT2D eigenvalue weighted by Gasteiger charge is 2.20. The fourth-order valence-electron chi connectivity index (χ4n) is 3.20. The van der Waals surface area contributed by atoms with Gasteiger partial charge in [0.2, 0.25) is 5.91 Å². The van der Waals surface area contributed by atoms with E-state index in [-0.39, 0.29) is 11.5 Å². The lowest BCUT2D eigenvalue weighted by Crippen LogP contribution is -2.33. The molecule has 1 aliphatic rings. The molecular weight excluding hydrogens is 338 g/mol. The van der Waals surface area contributed by atoms with Crippen molar-refractivity contribution in [2.75, 3.05) is 6.54 Å². The molecule has 3 rings (SSSR count). The molecule has 5 nitrogen and oxygen atoms in total. The maximum absolute atomic E-state index is 12.6. The lowest BCUT2D eigenvalue weighted by molar-refractivity contribution is -0.132. The van der Waals surface area contributed by atoms with Gasteiger partial charge < -0.3 is 9.88 Å². The highest BCUT2D eigenvalue weighted by Crippen LogP contribution is 2.22. The van der Waals surface area contributed by atoms with Crippen LogP contribution in [-0.2, 0) is 11.3 Å². The van der Waals surface area contributed by atoms with Crippen LogP contribution in [0, 0.1) is 5.92 Å². The maximum atomic E-state index is 12.6. The molecule has 1 aromatic heterocycles. The predicted molar refractivity (Wildman–Crippen MR) is 99.6 cm³/mol. The number of H-pyrrole nitrogens is 1. The number of carbonyl (C=O) groups excluding carboxylic acids is 1. The van der Waals surface area contributed by atoms with Crippen LogP contribution in [-0.4, -0.2) is 27.3 Å². The molecule has 25 heavy (non-hydrogen) atoms. The van der Waals surface area contributed by atoms with Crippen molar-refractivity contribution in [2.24, 2.45) is 5.92 Å². The molecule has 0 aliphatic heterocycles. The molecule has 1 heterocycles. The van der Waals surface area contributed by atoms with Crippen molar-refractivity contribution in [2.45, 2.75) is 39.2 Å². The van der Waals surface area contributed by atoms with Gasteiger partial charge in [0.15, 0.2) is 0 Å². The monoisotopic (exact) mass is 359 g/mol. The van der Waals surface area contributed by atoms with E-state index in [0.717, 1.165) is 19.3 Å². The molecule has 2 aromatic rings. The van der Waals surface area contributed by atoms with Crippen LogP contribution in [0.5, 0.6) is 0 Å². The number of rotatable bonds is 6. The summed E-state index contributed by atoms with van der Waals surface area (Å²) < 4.78 is 0. The van der Waals surface area contributed by atoms with E-state index < -0.39 is 0 Å². The second kappa shape index (κ2) is 7.83. The molecular formula is C19H22ClN3O2. The molecule has 0 spiro atoms. The highest BCUT2D eigenvalue weighted by molar-refractivity contribution is 6.31. The average Bonchev–Trinajstić information content (AvgIpc) is 3.07. The summed E-state index contributed by atoms with van der Waals surface area (Å²) in [5.41, 5.74) is 0.341. The Kier molecular flexibility index (Phi) is 5.53. The van der Waals surface area contributed by atoms with Crippen molar-refractivity contribution in [1.29, 1.82) is 0 Å². The zero-order chi connectivity index (χ0) is 17.8. The number of allylic oxidation sites excluding steroid dienone is 2. The summed E-state index contributed by atoms with van der Waals surface area (Å²) in [6.07, 6.45) is 7.71. The van der Waals surface area contributed by atoms with E-state index in [0.29, 0.717) is 47.2 Å². The molecule has 0 saturated carbocycles. The quantitative estimate of drug-likeness (QED) is 0.800. The topological polar surface area (TPSA) is 66.1 Å². The van der Waals surface area contributed by atoms with Gasteiger partial charge in [-0.25, -0.2) is 4.98 Å². The standard InChI is InChI=1S/C19H22ClN3O2/c1-2-9-23(18(24)10-13-5-3-4-6-13)12-17-21-16-11-14(20)7-8-15(16)19(25)22-17/h3,5,7-8,11,13H,2,4,6,9-10,12H2,1H3,(H,21,22,25). The Labute approximate surface area is 151 Å². The third kappa shape index (κ3) is 4.28. The molecule has 0 fully saturated rings. The van der Waals surface area contributed by atoms with Crippen molar-refractivity contribution in [3.8, 4) is 0 Å². The molecule has 6 heteroatoms. The van der Waals surface area contributed by atoms with Gasteiger partial charge in [-0.2, -0.15) is 0 Å². The summed E-state index contributed by atoms with van der Waals surface area (Å²) in [4.78, 5) is 33.9. The number of amides is 1. The van der Waals surface area contributed by atoms with Crippen LogP contribution in [0.2, 0.25) is 5.02 Å². The average molecular weight is 360 g/mol. The number of hydrogen-bond donors (Lipinski definition) is 1. The second-order valence-corrected chi connectivity index (χ2v) is 6.90. The molecule has 0 bridgehead atoms. The SMILES string of the molecule is CCCN(Cc1nc2cc(Cl)ccc2c(=O)[nH]1)C(=O)CC1C=CCC1. The van der Waals surface area contributed by atoms with Gasteiger partial charge in [0.25, 0.3) is 5.56 Å². The third-order valence-electron chi connectivity index (χ3n) is 4.45. The van der Waals surface area contributed by atoms with Gasteiger partial charge in [-0.05, 0) is 43.4 Å². The molecule has 1 unspecified atom stereocenters. The van der Waals surface area contributed by atoms with Crippen LogP contribution in [0.3, 0.4) is 0 Å².